The summed E-state index contributed by atoms with van der Waals surface area (Å²) in [6.45, 7) is 7.38. The van der Waals surface area contributed by atoms with Crippen LogP contribution in [-0.2, 0) is 28.7 Å². The quantitative estimate of drug-likeness (QED) is 0.408. The van der Waals surface area contributed by atoms with Crippen molar-refractivity contribution in [3.05, 3.63) is 28.8 Å². The van der Waals surface area contributed by atoms with E-state index in [1.807, 2.05) is 0 Å². The van der Waals surface area contributed by atoms with Gasteiger partial charge in [0, 0.05) is 25.8 Å². The molecule has 4 atom stereocenters. The Morgan fingerprint density at radius 1 is 1.24 bits per heavy atom. The third-order valence-electron chi connectivity index (χ3n) is 6.21. The van der Waals surface area contributed by atoms with E-state index in [0.29, 0.717) is 31.7 Å². The molecule has 2 saturated heterocycles. The average Bonchev–Trinajstić information content (AvgIpc) is 3.43. The maximum Gasteiger partial charge on any atom is 0.310 e. The van der Waals surface area contributed by atoms with E-state index in [9.17, 15) is 24.0 Å². The summed E-state index contributed by atoms with van der Waals surface area (Å²) >= 11 is 6.26. The molecule has 11 nitrogen and oxygen atoms in total. The number of likely N-dealkylation sites (tertiary alicyclic amines) is 1. The van der Waals surface area contributed by atoms with Crippen LogP contribution in [0, 0.1) is 5.92 Å². The second-order valence-electron chi connectivity index (χ2n) is 9.39. The minimum atomic E-state index is -0.903. The number of cyclic esters (lactones) is 1. The summed E-state index contributed by atoms with van der Waals surface area (Å²) in [4.78, 5) is 64.1. The first-order valence-electron chi connectivity index (χ1n) is 12.3. The lowest BCUT2D eigenvalue weighted by atomic mass is 10.0. The molecule has 0 aliphatic carbocycles. The van der Waals surface area contributed by atoms with E-state index < -0.39 is 42.2 Å². The summed E-state index contributed by atoms with van der Waals surface area (Å²) in [5, 5.41) is 8.26. The SMILES string of the molecule is CCO[C@@H]1OC(=O)C[C@@H]1NC(=O)[C@@H]1CCCN1C(=O)[C@@H](NC(=O)c1ccc(NC(C)=O)cc1Cl)C(C)C. The van der Waals surface area contributed by atoms with Gasteiger partial charge in [-0.15, -0.1) is 0 Å². The summed E-state index contributed by atoms with van der Waals surface area (Å²) in [5.74, 6) is -2.34. The molecule has 4 amide bonds. The van der Waals surface area contributed by atoms with Crippen molar-refractivity contribution in [2.24, 2.45) is 5.92 Å². The number of benzene rings is 1. The number of esters is 1. The molecule has 2 aliphatic rings. The van der Waals surface area contributed by atoms with Crippen molar-refractivity contribution < 1.29 is 33.4 Å². The van der Waals surface area contributed by atoms with Crippen LogP contribution in [0.25, 0.3) is 0 Å². The van der Waals surface area contributed by atoms with E-state index in [1.54, 1.807) is 26.8 Å². The fraction of sp³-hybridized carbons (Fsp3) is 0.560. The van der Waals surface area contributed by atoms with E-state index in [2.05, 4.69) is 16.0 Å². The van der Waals surface area contributed by atoms with Crippen LogP contribution in [0.2, 0.25) is 5.02 Å². The first-order valence-corrected chi connectivity index (χ1v) is 12.7. The molecule has 202 valence electrons. The topological polar surface area (TPSA) is 143 Å². The molecule has 2 fully saturated rings. The van der Waals surface area contributed by atoms with E-state index in [4.69, 9.17) is 21.1 Å². The van der Waals surface area contributed by atoms with Crippen LogP contribution in [0.4, 0.5) is 5.69 Å². The maximum absolute atomic E-state index is 13.5. The molecule has 1 aromatic carbocycles. The number of hydrogen-bond donors (Lipinski definition) is 3. The van der Waals surface area contributed by atoms with E-state index in [1.165, 1.54) is 24.0 Å². The number of halogens is 1. The minimum Gasteiger partial charge on any atom is -0.433 e. The average molecular weight is 537 g/mol. The molecule has 0 radical (unpaired) electrons. The lowest BCUT2D eigenvalue weighted by molar-refractivity contribution is -0.164. The van der Waals surface area contributed by atoms with E-state index >= 15 is 0 Å². The Kier molecular flexibility index (Phi) is 9.50. The highest BCUT2D eigenvalue weighted by Gasteiger charge is 2.42. The molecule has 0 unspecified atom stereocenters. The maximum atomic E-state index is 13.5. The number of hydrogen-bond acceptors (Lipinski definition) is 7. The molecule has 37 heavy (non-hydrogen) atoms. The van der Waals surface area contributed by atoms with Gasteiger partial charge in [-0.05, 0) is 43.9 Å². The zero-order valence-corrected chi connectivity index (χ0v) is 22.1. The predicted molar refractivity (Wildman–Crippen MR) is 135 cm³/mol. The highest BCUT2D eigenvalue weighted by atomic mass is 35.5. The molecule has 0 bridgehead atoms. The molecular formula is C25H33ClN4O7. The third kappa shape index (κ3) is 6.98. The van der Waals surface area contributed by atoms with Crippen LogP contribution in [-0.4, -0.2) is 72.1 Å². The van der Waals surface area contributed by atoms with Crippen molar-refractivity contribution in [3.8, 4) is 0 Å². The third-order valence-corrected chi connectivity index (χ3v) is 6.53. The Morgan fingerprint density at radius 2 is 1.97 bits per heavy atom. The van der Waals surface area contributed by atoms with Crippen LogP contribution in [0.5, 0.6) is 0 Å². The Morgan fingerprint density at radius 3 is 2.59 bits per heavy atom. The lowest BCUT2D eigenvalue weighted by Gasteiger charge is -2.31. The van der Waals surface area contributed by atoms with Gasteiger partial charge >= 0.3 is 5.97 Å². The summed E-state index contributed by atoms with van der Waals surface area (Å²) in [6.07, 6.45) is 0.196. The van der Waals surface area contributed by atoms with Gasteiger partial charge in [0.2, 0.25) is 24.0 Å². The largest absolute Gasteiger partial charge is 0.433 e. The lowest BCUT2D eigenvalue weighted by Crippen LogP contribution is -2.56. The zero-order valence-electron chi connectivity index (χ0n) is 21.3. The molecule has 3 N–H and O–H groups in total. The van der Waals surface area contributed by atoms with Gasteiger partial charge in [-0.1, -0.05) is 25.4 Å². The molecule has 1 aromatic rings. The summed E-state index contributed by atoms with van der Waals surface area (Å²) < 4.78 is 10.5. The van der Waals surface area contributed by atoms with Gasteiger partial charge in [0.25, 0.3) is 5.91 Å². The standard InChI is InChI=1S/C25H33ClN4O7/c1-5-36-25-18(12-20(32)37-25)28-23(34)19-7-6-10-30(19)24(35)21(13(2)3)29-22(33)16-9-8-15(11-17(16)26)27-14(4)31/h8-9,11,13,18-19,21,25H,5-7,10,12H2,1-4H3,(H,27,31)(H,28,34)(H,29,33)/t18-,19-,21-,25+/m0/s1. The Balaban J connectivity index is 1.70. The first kappa shape index (κ1) is 28.4. The van der Waals surface area contributed by atoms with Crippen LogP contribution >= 0.6 is 11.6 Å². The van der Waals surface area contributed by atoms with E-state index in [-0.39, 0.29) is 34.7 Å². The van der Waals surface area contributed by atoms with Crippen LogP contribution in [0.1, 0.15) is 57.3 Å². The number of nitrogens with one attached hydrogen (secondary N) is 3. The van der Waals surface area contributed by atoms with Crippen LogP contribution in [0.3, 0.4) is 0 Å². The van der Waals surface area contributed by atoms with E-state index in [0.717, 1.165) is 0 Å². The summed E-state index contributed by atoms with van der Waals surface area (Å²) in [6, 6.07) is 2.18. The Labute approximate surface area is 220 Å². The van der Waals surface area contributed by atoms with Crippen LogP contribution in [0.15, 0.2) is 18.2 Å². The van der Waals surface area contributed by atoms with Gasteiger partial charge < -0.3 is 30.3 Å². The number of carbonyl (C=O) groups is 5. The molecule has 2 heterocycles. The van der Waals surface area contributed by atoms with Gasteiger partial charge in [0.15, 0.2) is 0 Å². The van der Waals surface area contributed by atoms with Gasteiger partial charge in [-0.25, -0.2) is 0 Å². The number of nitrogens with zero attached hydrogens (tertiary/aromatic N) is 1. The van der Waals surface area contributed by atoms with Gasteiger partial charge in [-0.3, -0.25) is 24.0 Å². The first-order chi connectivity index (χ1) is 17.5. The highest BCUT2D eigenvalue weighted by Crippen LogP contribution is 2.24. The number of carbonyl (C=O) groups excluding carboxylic acids is 5. The zero-order chi connectivity index (χ0) is 27.3. The molecule has 0 aromatic heterocycles. The molecule has 12 heteroatoms. The number of rotatable bonds is 9. The smallest absolute Gasteiger partial charge is 0.310 e. The molecule has 0 spiro atoms. The number of ether oxygens (including phenoxy) is 2. The summed E-state index contributed by atoms with van der Waals surface area (Å²) in [7, 11) is 0. The second kappa shape index (κ2) is 12.4. The minimum absolute atomic E-state index is 0.0107. The van der Waals surface area contributed by atoms with Crippen molar-refractivity contribution in [1.82, 2.24) is 15.5 Å². The van der Waals surface area contributed by atoms with Crippen molar-refractivity contribution in [3.63, 3.8) is 0 Å². The van der Waals surface area contributed by atoms with Gasteiger partial charge in [-0.2, -0.15) is 0 Å². The molecule has 2 aliphatic heterocycles. The monoisotopic (exact) mass is 536 g/mol. The normalized spacial score (nSPS) is 21.9. The van der Waals surface area contributed by atoms with Crippen molar-refractivity contribution in [1.29, 1.82) is 0 Å². The van der Waals surface area contributed by atoms with Gasteiger partial charge in [0.05, 0.1) is 17.0 Å². The Hall–Kier alpha value is -3.18. The fourth-order valence-electron chi connectivity index (χ4n) is 4.44. The molecule has 0 saturated carbocycles. The molecular weight excluding hydrogens is 504 g/mol. The van der Waals surface area contributed by atoms with Crippen molar-refractivity contribution in [2.75, 3.05) is 18.5 Å². The van der Waals surface area contributed by atoms with Crippen molar-refractivity contribution in [2.45, 2.75) is 71.4 Å². The highest BCUT2D eigenvalue weighted by molar-refractivity contribution is 6.34. The predicted octanol–water partition coefficient (Wildman–Crippen LogP) is 1.84. The summed E-state index contributed by atoms with van der Waals surface area (Å²) in [5.41, 5.74) is 0.593. The Bertz CT molecular complexity index is 1060. The second-order valence-corrected chi connectivity index (χ2v) is 9.80. The number of amides is 4. The molecule has 3 rings (SSSR count). The number of anilines is 1. The van der Waals surface area contributed by atoms with Crippen molar-refractivity contribution >= 4 is 46.9 Å². The van der Waals surface area contributed by atoms with Crippen LogP contribution < -0.4 is 16.0 Å². The van der Waals surface area contributed by atoms with Gasteiger partial charge in [0.1, 0.15) is 18.1 Å². The fourth-order valence-corrected chi connectivity index (χ4v) is 4.71.